The molecule has 0 bridgehead atoms. The van der Waals surface area contributed by atoms with Crippen LogP contribution in [0.4, 0.5) is 9.18 Å². The number of halogens is 1. The van der Waals surface area contributed by atoms with Crippen LogP contribution in [0.1, 0.15) is 18.5 Å². The van der Waals surface area contributed by atoms with Gasteiger partial charge in [0.1, 0.15) is 11.6 Å². The highest BCUT2D eigenvalue weighted by atomic mass is 32.2. The van der Waals surface area contributed by atoms with Crippen molar-refractivity contribution in [3.05, 3.63) is 71.2 Å². The monoisotopic (exact) mass is 448 g/mol. The second-order valence-electron chi connectivity index (χ2n) is 6.60. The third-order valence-corrected chi connectivity index (χ3v) is 6.27. The molecule has 1 aliphatic rings. The van der Waals surface area contributed by atoms with Crippen LogP contribution in [0.2, 0.25) is 0 Å². The molecule has 1 aliphatic heterocycles. The predicted molar refractivity (Wildman–Crippen MR) is 110 cm³/mol. The Hall–Kier alpha value is -3.40. The molecule has 0 spiro atoms. The molecular formula is C21H21FN2O6S. The van der Waals surface area contributed by atoms with Crippen molar-refractivity contribution in [2.75, 3.05) is 19.5 Å². The first-order valence-corrected chi connectivity index (χ1v) is 11.0. The number of rotatable bonds is 7. The second kappa shape index (κ2) is 9.17. The summed E-state index contributed by atoms with van der Waals surface area (Å²) in [6.45, 7) is 1.66. The number of sulfone groups is 1. The number of nitrogens with one attached hydrogen (secondary N) is 2. The van der Waals surface area contributed by atoms with Crippen molar-refractivity contribution in [2.24, 2.45) is 0 Å². The maximum absolute atomic E-state index is 13.2. The van der Waals surface area contributed by atoms with E-state index in [1.165, 1.54) is 7.11 Å². The minimum absolute atomic E-state index is 0.0485. The highest BCUT2D eigenvalue weighted by molar-refractivity contribution is 7.91. The quantitative estimate of drug-likeness (QED) is 0.497. The Morgan fingerprint density at radius 2 is 1.81 bits per heavy atom. The topological polar surface area (TPSA) is 111 Å². The number of carbonyl (C=O) groups excluding carboxylic acids is 2. The van der Waals surface area contributed by atoms with Gasteiger partial charge in [-0.2, -0.15) is 0 Å². The molecule has 0 saturated carbocycles. The van der Waals surface area contributed by atoms with E-state index in [2.05, 4.69) is 10.6 Å². The van der Waals surface area contributed by atoms with Gasteiger partial charge in [0.2, 0.25) is 0 Å². The van der Waals surface area contributed by atoms with E-state index >= 15 is 0 Å². The van der Waals surface area contributed by atoms with Crippen molar-refractivity contribution < 1.29 is 31.9 Å². The number of benzene rings is 2. The molecule has 0 saturated heterocycles. The average Bonchev–Trinajstić information content (AvgIpc) is 2.73. The van der Waals surface area contributed by atoms with Crippen LogP contribution >= 0.6 is 0 Å². The number of methoxy groups -OCH3 is 1. The van der Waals surface area contributed by atoms with Crippen molar-refractivity contribution in [3.63, 3.8) is 0 Å². The van der Waals surface area contributed by atoms with Crippen LogP contribution in [0.15, 0.2) is 64.7 Å². The molecule has 1 atom stereocenters. The Kier molecular flexibility index (Phi) is 6.59. The molecule has 1 unspecified atom stereocenters. The van der Waals surface area contributed by atoms with E-state index in [1.54, 1.807) is 31.2 Å². The molecule has 2 aromatic rings. The molecule has 3 rings (SSSR count). The number of urea groups is 1. The number of hydrogen-bond acceptors (Lipinski definition) is 6. The molecule has 0 aliphatic carbocycles. The van der Waals surface area contributed by atoms with Gasteiger partial charge in [0, 0.05) is 11.3 Å². The van der Waals surface area contributed by atoms with Crippen LogP contribution in [0.25, 0.3) is 0 Å². The summed E-state index contributed by atoms with van der Waals surface area (Å²) in [4.78, 5) is 25.0. The third-order valence-electron chi connectivity index (χ3n) is 4.61. The summed E-state index contributed by atoms with van der Waals surface area (Å²) in [5, 5.41) is 5.04. The molecule has 0 radical (unpaired) electrons. The lowest BCUT2D eigenvalue weighted by Gasteiger charge is -2.30. The van der Waals surface area contributed by atoms with Crippen LogP contribution in [-0.4, -0.2) is 39.9 Å². The van der Waals surface area contributed by atoms with E-state index in [-0.39, 0.29) is 22.8 Å². The van der Waals surface area contributed by atoms with Crippen LogP contribution < -0.4 is 15.4 Å². The van der Waals surface area contributed by atoms with Gasteiger partial charge >= 0.3 is 12.0 Å². The molecular weight excluding hydrogens is 427 g/mol. The normalized spacial score (nSPS) is 16.4. The first kappa shape index (κ1) is 22.3. The number of esters is 1. The van der Waals surface area contributed by atoms with Gasteiger partial charge < -0.3 is 20.1 Å². The van der Waals surface area contributed by atoms with Crippen molar-refractivity contribution in [1.29, 1.82) is 0 Å². The van der Waals surface area contributed by atoms with E-state index in [0.717, 1.165) is 24.3 Å². The zero-order valence-corrected chi connectivity index (χ0v) is 17.7. The summed E-state index contributed by atoms with van der Waals surface area (Å²) in [5.74, 6) is -1.66. The van der Waals surface area contributed by atoms with Crippen molar-refractivity contribution in [2.45, 2.75) is 17.9 Å². The maximum atomic E-state index is 13.2. The van der Waals surface area contributed by atoms with Gasteiger partial charge in [0.25, 0.3) is 0 Å². The molecule has 8 nitrogen and oxygen atoms in total. The highest BCUT2D eigenvalue weighted by Crippen LogP contribution is 2.34. The number of carbonyl (C=O) groups is 2. The second-order valence-corrected chi connectivity index (χ2v) is 8.59. The Morgan fingerprint density at radius 1 is 1.13 bits per heavy atom. The van der Waals surface area contributed by atoms with Gasteiger partial charge in [-0.3, -0.25) is 0 Å². The fourth-order valence-corrected chi connectivity index (χ4v) is 4.56. The van der Waals surface area contributed by atoms with Gasteiger partial charge in [-0.05, 0) is 37.3 Å². The molecule has 2 amide bonds. The van der Waals surface area contributed by atoms with Crippen LogP contribution in [0.5, 0.6) is 5.75 Å². The molecule has 10 heteroatoms. The summed E-state index contributed by atoms with van der Waals surface area (Å²) >= 11 is 0. The number of amides is 2. The fourth-order valence-electron chi connectivity index (χ4n) is 3.24. The summed E-state index contributed by atoms with van der Waals surface area (Å²) in [6, 6.07) is 9.32. The zero-order valence-electron chi connectivity index (χ0n) is 16.8. The summed E-state index contributed by atoms with van der Waals surface area (Å²) in [7, 11) is -2.57. The molecule has 0 aromatic heterocycles. The largest absolute Gasteiger partial charge is 0.496 e. The van der Waals surface area contributed by atoms with E-state index < -0.39 is 39.4 Å². The van der Waals surface area contributed by atoms with Crippen LogP contribution in [-0.2, 0) is 19.4 Å². The Bertz CT molecular complexity index is 1130. The van der Waals surface area contributed by atoms with Crippen LogP contribution in [0.3, 0.4) is 0 Å². The molecule has 31 heavy (non-hydrogen) atoms. The fraction of sp³-hybridized carbons (Fsp3) is 0.238. The highest BCUT2D eigenvalue weighted by Gasteiger charge is 2.37. The van der Waals surface area contributed by atoms with Gasteiger partial charge in [-0.1, -0.05) is 18.2 Å². The zero-order chi connectivity index (χ0) is 22.6. The van der Waals surface area contributed by atoms with Crippen LogP contribution in [0, 0.1) is 5.82 Å². The smallest absolute Gasteiger partial charge is 0.338 e. The van der Waals surface area contributed by atoms with E-state index in [0.29, 0.717) is 11.3 Å². The van der Waals surface area contributed by atoms with Crippen molar-refractivity contribution >= 4 is 21.8 Å². The SMILES string of the molecule is CCOC(=O)C1=C(CS(=O)(=O)c2ccc(F)cc2)NC(=O)NC1c1ccccc1OC. The first-order valence-electron chi connectivity index (χ1n) is 9.35. The van der Waals surface area contributed by atoms with E-state index in [4.69, 9.17) is 9.47 Å². The lowest BCUT2D eigenvalue weighted by atomic mass is 9.95. The van der Waals surface area contributed by atoms with Gasteiger partial charge in [0.15, 0.2) is 9.84 Å². The number of hydrogen-bond donors (Lipinski definition) is 2. The lowest BCUT2D eigenvalue weighted by molar-refractivity contribution is -0.139. The van der Waals surface area contributed by atoms with Gasteiger partial charge in [-0.15, -0.1) is 0 Å². The predicted octanol–water partition coefficient (Wildman–Crippen LogP) is 2.48. The lowest BCUT2D eigenvalue weighted by Crippen LogP contribution is -2.47. The summed E-state index contributed by atoms with van der Waals surface area (Å²) in [6.07, 6.45) is 0. The molecule has 2 N–H and O–H groups in total. The Labute approximate surface area is 179 Å². The molecule has 2 aromatic carbocycles. The summed E-state index contributed by atoms with van der Waals surface area (Å²) < 4.78 is 49.5. The Balaban J connectivity index is 2.13. The maximum Gasteiger partial charge on any atom is 0.338 e. The third kappa shape index (κ3) is 4.85. The number of para-hydroxylation sites is 1. The van der Waals surface area contributed by atoms with E-state index in [1.807, 2.05) is 0 Å². The molecule has 1 heterocycles. The first-order chi connectivity index (χ1) is 14.8. The molecule has 0 fully saturated rings. The minimum Gasteiger partial charge on any atom is -0.496 e. The van der Waals surface area contributed by atoms with Gasteiger partial charge in [-0.25, -0.2) is 22.4 Å². The standard InChI is InChI=1S/C21H21FN2O6S/c1-3-30-20(25)18-16(12-31(27,28)14-10-8-13(22)9-11-14)23-21(26)24-19(18)15-6-4-5-7-17(15)29-2/h4-11,19H,3,12H2,1-2H3,(H2,23,24,26). The minimum atomic E-state index is -4.01. The van der Waals surface area contributed by atoms with Gasteiger partial charge in [0.05, 0.1) is 36.0 Å². The number of ether oxygens (including phenoxy) is 2. The Morgan fingerprint density at radius 3 is 2.45 bits per heavy atom. The summed E-state index contributed by atoms with van der Waals surface area (Å²) in [5.41, 5.74) is 0.277. The van der Waals surface area contributed by atoms with Crippen molar-refractivity contribution in [3.8, 4) is 5.75 Å². The van der Waals surface area contributed by atoms with Crippen molar-refractivity contribution in [1.82, 2.24) is 10.6 Å². The average molecular weight is 448 g/mol. The molecule has 164 valence electrons. The van der Waals surface area contributed by atoms with E-state index in [9.17, 15) is 22.4 Å².